The number of amides is 1. The van der Waals surface area contributed by atoms with Gasteiger partial charge in [0.05, 0.1) is 10.0 Å². The van der Waals surface area contributed by atoms with Gasteiger partial charge >= 0.3 is 12.1 Å². The molecular formula is C18H18Cl2F3N3O5S2. The van der Waals surface area contributed by atoms with Crippen LogP contribution in [-0.2, 0) is 10.0 Å². The molecule has 1 amide bonds. The summed E-state index contributed by atoms with van der Waals surface area (Å²) in [4.78, 5) is 29.3. The minimum Gasteiger partial charge on any atom is -0.420 e. The van der Waals surface area contributed by atoms with Gasteiger partial charge in [0.25, 0.3) is 5.91 Å². The number of sulfonamides is 1. The van der Waals surface area contributed by atoms with E-state index in [0.29, 0.717) is 20.0 Å². The van der Waals surface area contributed by atoms with Crippen molar-refractivity contribution in [1.82, 2.24) is 14.6 Å². The maximum absolute atomic E-state index is 12.9. The number of carbonyl (C=O) groups excluding carboxylic acids is 2. The first-order chi connectivity index (χ1) is 15.2. The molecule has 0 aliphatic rings. The molecule has 1 N–H and O–H groups in total. The van der Waals surface area contributed by atoms with Gasteiger partial charge in [-0.2, -0.15) is 17.9 Å². The Morgan fingerprint density at radius 3 is 2.39 bits per heavy atom. The van der Waals surface area contributed by atoms with Crippen LogP contribution in [0.3, 0.4) is 0 Å². The number of benzene rings is 1. The topological polar surface area (TPSA) is 106 Å². The summed E-state index contributed by atoms with van der Waals surface area (Å²) in [5.41, 5.74) is -0.0155. The van der Waals surface area contributed by atoms with Crippen molar-refractivity contribution in [3.63, 3.8) is 0 Å². The third kappa shape index (κ3) is 6.35. The molecule has 2 aromatic rings. The lowest BCUT2D eigenvalue weighted by molar-refractivity contribution is -0.147. The van der Waals surface area contributed by atoms with E-state index < -0.39 is 49.8 Å². The normalized spacial score (nSPS) is 13.0. The quantitative estimate of drug-likeness (QED) is 0.388. The number of hydrogen-bond acceptors (Lipinski definition) is 7. The number of hydrogen-bond donors (Lipinski definition) is 1. The molecule has 1 aromatic heterocycles. The Balaban J connectivity index is 2.39. The summed E-state index contributed by atoms with van der Waals surface area (Å²) in [6, 6.07) is -0.390. The number of carbonyl (C=O) groups is 2. The van der Waals surface area contributed by atoms with Gasteiger partial charge in [-0.3, -0.25) is 4.79 Å². The summed E-state index contributed by atoms with van der Waals surface area (Å²) in [6.07, 6.45) is -4.89. The summed E-state index contributed by atoms with van der Waals surface area (Å²) in [7, 11) is -4.92. The summed E-state index contributed by atoms with van der Waals surface area (Å²) >= 11 is 12.5. The molecule has 15 heteroatoms. The van der Waals surface area contributed by atoms with Gasteiger partial charge in [-0.25, -0.2) is 18.2 Å². The number of esters is 1. The van der Waals surface area contributed by atoms with Crippen molar-refractivity contribution in [2.45, 2.75) is 37.9 Å². The van der Waals surface area contributed by atoms with Crippen molar-refractivity contribution in [3.8, 4) is 5.75 Å². The average molecular weight is 548 g/mol. The van der Waals surface area contributed by atoms with Crippen LogP contribution in [0.25, 0.3) is 0 Å². The number of thiazole rings is 1. The minimum absolute atomic E-state index is 0.0155. The van der Waals surface area contributed by atoms with Gasteiger partial charge in [0.1, 0.15) is 16.6 Å². The van der Waals surface area contributed by atoms with E-state index in [1.54, 1.807) is 13.8 Å². The molecule has 0 aliphatic carbocycles. The molecule has 33 heavy (non-hydrogen) atoms. The maximum atomic E-state index is 12.9. The van der Waals surface area contributed by atoms with E-state index in [1.165, 1.54) is 15.0 Å². The van der Waals surface area contributed by atoms with Crippen LogP contribution >= 0.6 is 34.5 Å². The fraction of sp³-hybridized carbons (Fsp3) is 0.389. The third-order valence-electron chi connectivity index (χ3n) is 4.26. The summed E-state index contributed by atoms with van der Waals surface area (Å²) < 4.78 is 70.4. The molecular weight excluding hydrogens is 530 g/mol. The third-order valence-corrected chi connectivity index (χ3v) is 7.60. The fourth-order valence-corrected chi connectivity index (χ4v) is 5.26. The van der Waals surface area contributed by atoms with Gasteiger partial charge in [0.2, 0.25) is 15.0 Å². The summed E-state index contributed by atoms with van der Waals surface area (Å²) in [6.45, 7) is 4.96. The predicted molar refractivity (Wildman–Crippen MR) is 117 cm³/mol. The number of ether oxygens (including phenoxy) is 1. The Bertz CT molecular complexity index is 1150. The molecule has 2 rings (SSSR count). The molecule has 0 fully saturated rings. The molecule has 1 atom stereocenters. The number of alkyl halides is 3. The first kappa shape index (κ1) is 27.3. The second kappa shape index (κ2) is 10.6. The van der Waals surface area contributed by atoms with Crippen molar-refractivity contribution >= 4 is 56.4 Å². The van der Waals surface area contributed by atoms with Crippen LogP contribution in [0.1, 0.15) is 41.1 Å². The summed E-state index contributed by atoms with van der Waals surface area (Å²) in [5, 5.41) is 0.117. The van der Waals surface area contributed by atoms with Crippen LogP contribution in [-0.4, -0.2) is 55.5 Å². The standard InChI is InChI=1S/C18H18Cl2F3N3O5S2/c1-4-26(5-2)16(27)11-8-32-15(24-11)17(28)31-12-7-6-10(19)13(20)14(12)33(29,30)25-9(3)18(21,22)23/h6-9,25H,4-5H2,1-3H3. The molecule has 1 heterocycles. The van der Waals surface area contributed by atoms with Crippen LogP contribution in [0.15, 0.2) is 22.4 Å². The second-order valence-corrected chi connectivity index (χ2v) is 9.77. The number of nitrogens with one attached hydrogen (secondary N) is 1. The largest absolute Gasteiger partial charge is 0.420 e. The maximum Gasteiger partial charge on any atom is 0.404 e. The van der Waals surface area contributed by atoms with Gasteiger partial charge in [-0.05, 0) is 32.9 Å². The monoisotopic (exact) mass is 547 g/mol. The molecule has 8 nitrogen and oxygen atoms in total. The Labute approximate surface area is 201 Å². The van der Waals surface area contributed by atoms with E-state index in [2.05, 4.69) is 4.98 Å². The van der Waals surface area contributed by atoms with Crippen molar-refractivity contribution in [2.24, 2.45) is 0 Å². The second-order valence-electron chi connectivity index (χ2n) is 6.48. The lowest BCUT2D eigenvalue weighted by Gasteiger charge is -2.19. The molecule has 0 bridgehead atoms. The van der Waals surface area contributed by atoms with Gasteiger partial charge < -0.3 is 9.64 Å². The minimum atomic E-state index is -4.92. The van der Waals surface area contributed by atoms with E-state index in [4.69, 9.17) is 27.9 Å². The van der Waals surface area contributed by atoms with Gasteiger partial charge in [0.15, 0.2) is 5.75 Å². The van der Waals surface area contributed by atoms with E-state index in [1.807, 2.05) is 0 Å². The zero-order valence-electron chi connectivity index (χ0n) is 17.4. The van der Waals surface area contributed by atoms with Crippen LogP contribution < -0.4 is 9.46 Å². The highest BCUT2D eigenvalue weighted by Gasteiger charge is 2.40. The van der Waals surface area contributed by atoms with Crippen molar-refractivity contribution in [3.05, 3.63) is 38.3 Å². The molecule has 0 saturated carbocycles. The molecule has 182 valence electrons. The zero-order valence-corrected chi connectivity index (χ0v) is 20.5. The van der Waals surface area contributed by atoms with Crippen LogP contribution in [0, 0.1) is 0 Å². The predicted octanol–water partition coefficient (Wildman–Crippen LogP) is 4.38. The molecule has 0 saturated heterocycles. The molecule has 0 spiro atoms. The summed E-state index contributed by atoms with van der Waals surface area (Å²) in [5.74, 6) is -2.22. The zero-order chi connectivity index (χ0) is 25.1. The molecule has 0 aliphatic heterocycles. The average Bonchev–Trinajstić information content (AvgIpc) is 3.20. The van der Waals surface area contributed by atoms with E-state index in [0.717, 1.165) is 23.5 Å². The van der Waals surface area contributed by atoms with E-state index in [9.17, 15) is 31.2 Å². The van der Waals surface area contributed by atoms with Crippen LogP contribution in [0.2, 0.25) is 10.0 Å². The number of aromatic nitrogens is 1. The van der Waals surface area contributed by atoms with Crippen molar-refractivity contribution < 1.29 is 35.9 Å². The number of halogens is 5. The Morgan fingerprint density at radius 1 is 1.24 bits per heavy atom. The van der Waals surface area contributed by atoms with Gasteiger partial charge in [-0.1, -0.05) is 23.2 Å². The van der Waals surface area contributed by atoms with E-state index in [-0.39, 0.29) is 15.7 Å². The first-order valence-corrected chi connectivity index (χ1v) is 12.4. The van der Waals surface area contributed by atoms with E-state index >= 15 is 0 Å². The fourth-order valence-electron chi connectivity index (χ4n) is 2.49. The molecule has 1 unspecified atom stereocenters. The highest BCUT2D eigenvalue weighted by atomic mass is 35.5. The molecule has 1 aromatic carbocycles. The van der Waals surface area contributed by atoms with Crippen LogP contribution in [0.5, 0.6) is 5.75 Å². The lowest BCUT2D eigenvalue weighted by Crippen LogP contribution is -2.43. The SMILES string of the molecule is CCN(CC)C(=O)c1csc(C(=O)Oc2ccc(Cl)c(Cl)c2S(=O)(=O)NC(C)C(F)(F)F)n1. The molecule has 0 radical (unpaired) electrons. The highest BCUT2D eigenvalue weighted by molar-refractivity contribution is 7.89. The number of rotatable bonds is 8. The van der Waals surface area contributed by atoms with Gasteiger partial charge in [-0.15, -0.1) is 11.3 Å². The first-order valence-electron chi connectivity index (χ1n) is 9.26. The Morgan fingerprint density at radius 2 is 1.85 bits per heavy atom. The highest BCUT2D eigenvalue weighted by Crippen LogP contribution is 2.37. The Kier molecular flexibility index (Phi) is 8.74. The van der Waals surface area contributed by atoms with Crippen molar-refractivity contribution in [1.29, 1.82) is 0 Å². The number of nitrogens with zero attached hydrogens (tertiary/aromatic N) is 2. The lowest BCUT2D eigenvalue weighted by atomic mass is 10.3. The van der Waals surface area contributed by atoms with Crippen molar-refractivity contribution in [2.75, 3.05) is 13.1 Å². The Hall–Kier alpha value is -1.93. The smallest absolute Gasteiger partial charge is 0.404 e. The van der Waals surface area contributed by atoms with Crippen LogP contribution in [0.4, 0.5) is 13.2 Å². The van der Waals surface area contributed by atoms with Gasteiger partial charge in [0, 0.05) is 18.5 Å².